The highest BCUT2D eigenvalue weighted by Gasteiger charge is 2.25. The molecule has 0 spiro atoms. The number of rotatable bonds is 8. The largest absolute Gasteiger partial charge is 0.497 e. The second-order valence-electron chi connectivity index (χ2n) is 7.88. The highest BCUT2D eigenvalue weighted by molar-refractivity contribution is 8.03. The lowest BCUT2D eigenvalue weighted by Crippen LogP contribution is -2.47. The molecule has 1 aliphatic carbocycles. The van der Waals surface area contributed by atoms with Crippen molar-refractivity contribution >= 4 is 11.8 Å². The Morgan fingerprint density at radius 2 is 1.82 bits per heavy atom. The number of allylic oxidation sites excluding steroid dienone is 2. The summed E-state index contributed by atoms with van der Waals surface area (Å²) < 4.78 is 5.23. The number of benzene rings is 1. The minimum absolute atomic E-state index is 0.674. The molecule has 0 aromatic heterocycles. The molecule has 2 aliphatic rings. The lowest BCUT2D eigenvalue weighted by Gasteiger charge is -2.39. The SMILES string of the molecule is C/C=C(\C=C/CNC1CCN(C2CCCCC2)CC1)Sc1ccc(OC)cc1. The molecule has 3 rings (SSSR count). The Hall–Kier alpha value is -1.23. The number of hydrogen-bond acceptors (Lipinski definition) is 4. The maximum absolute atomic E-state index is 5.23. The van der Waals surface area contributed by atoms with Gasteiger partial charge in [0.25, 0.3) is 0 Å². The third-order valence-corrected chi connectivity index (χ3v) is 7.12. The zero-order valence-electron chi connectivity index (χ0n) is 17.5. The molecule has 0 amide bonds. The monoisotopic (exact) mass is 400 g/mol. The van der Waals surface area contributed by atoms with Crippen LogP contribution in [0, 0.1) is 0 Å². The molecule has 1 N–H and O–H groups in total. The van der Waals surface area contributed by atoms with Crippen LogP contribution >= 0.6 is 11.8 Å². The summed E-state index contributed by atoms with van der Waals surface area (Å²) in [7, 11) is 1.70. The standard InChI is InChI=1S/C24H36N2OS/c1-3-23(28-24-13-11-22(27-2)12-14-24)10-7-17-25-20-15-18-26(19-16-20)21-8-5-4-6-9-21/h3,7,10-14,20-21,25H,4-6,8-9,15-19H2,1-2H3/b10-7-,23-3+. The Balaban J connectivity index is 1.36. The lowest BCUT2D eigenvalue weighted by molar-refractivity contribution is 0.116. The molecule has 1 aliphatic heterocycles. The molecule has 4 heteroatoms. The highest BCUT2D eigenvalue weighted by Crippen LogP contribution is 2.29. The first kappa shape index (κ1) is 21.5. The van der Waals surface area contributed by atoms with E-state index in [1.54, 1.807) is 18.9 Å². The maximum Gasteiger partial charge on any atom is 0.118 e. The van der Waals surface area contributed by atoms with Crippen LogP contribution in [0.1, 0.15) is 51.9 Å². The van der Waals surface area contributed by atoms with Crippen molar-refractivity contribution in [3.05, 3.63) is 47.4 Å². The first-order valence-electron chi connectivity index (χ1n) is 10.9. The predicted octanol–water partition coefficient (Wildman–Crippen LogP) is 5.63. The van der Waals surface area contributed by atoms with E-state index >= 15 is 0 Å². The molecule has 1 saturated carbocycles. The van der Waals surface area contributed by atoms with Crippen molar-refractivity contribution in [2.45, 2.75) is 68.8 Å². The van der Waals surface area contributed by atoms with Crippen LogP contribution in [-0.4, -0.2) is 43.7 Å². The third-order valence-electron chi connectivity index (χ3n) is 6.01. The van der Waals surface area contributed by atoms with Crippen LogP contribution in [0.2, 0.25) is 0 Å². The average Bonchev–Trinajstić information content (AvgIpc) is 2.77. The molecule has 0 unspecified atom stereocenters. The van der Waals surface area contributed by atoms with Crippen molar-refractivity contribution in [3.63, 3.8) is 0 Å². The van der Waals surface area contributed by atoms with Gasteiger partial charge in [-0.05, 0) is 70.0 Å². The van der Waals surface area contributed by atoms with Gasteiger partial charge in [-0.2, -0.15) is 0 Å². The number of nitrogens with one attached hydrogen (secondary N) is 1. The minimum Gasteiger partial charge on any atom is -0.497 e. The highest BCUT2D eigenvalue weighted by atomic mass is 32.2. The van der Waals surface area contributed by atoms with Crippen LogP contribution in [0.3, 0.4) is 0 Å². The Morgan fingerprint density at radius 3 is 2.46 bits per heavy atom. The molecule has 1 aromatic rings. The van der Waals surface area contributed by atoms with Gasteiger partial charge in [-0.15, -0.1) is 0 Å². The molecule has 28 heavy (non-hydrogen) atoms. The summed E-state index contributed by atoms with van der Waals surface area (Å²) >= 11 is 1.79. The number of piperidine rings is 1. The summed E-state index contributed by atoms with van der Waals surface area (Å²) in [4.78, 5) is 5.28. The summed E-state index contributed by atoms with van der Waals surface area (Å²) in [6, 6.07) is 9.80. The predicted molar refractivity (Wildman–Crippen MR) is 121 cm³/mol. The summed E-state index contributed by atoms with van der Waals surface area (Å²) in [5.74, 6) is 0.903. The van der Waals surface area contributed by atoms with E-state index in [2.05, 4.69) is 47.5 Å². The molecule has 154 valence electrons. The van der Waals surface area contributed by atoms with E-state index in [1.807, 2.05) is 12.1 Å². The van der Waals surface area contributed by atoms with Gasteiger partial charge >= 0.3 is 0 Å². The van der Waals surface area contributed by atoms with Gasteiger partial charge in [-0.1, -0.05) is 49.3 Å². The van der Waals surface area contributed by atoms with E-state index in [1.165, 1.54) is 67.8 Å². The Morgan fingerprint density at radius 1 is 1.11 bits per heavy atom. The zero-order chi connectivity index (χ0) is 19.6. The van der Waals surface area contributed by atoms with Crippen LogP contribution in [0.4, 0.5) is 0 Å². The summed E-state index contributed by atoms with van der Waals surface area (Å²) in [6.45, 7) is 5.61. The summed E-state index contributed by atoms with van der Waals surface area (Å²) in [5.41, 5.74) is 0. The Kier molecular flexibility index (Phi) is 8.97. The minimum atomic E-state index is 0.674. The second kappa shape index (κ2) is 11.7. The molecule has 0 radical (unpaired) electrons. The van der Waals surface area contributed by atoms with Gasteiger partial charge in [0.05, 0.1) is 7.11 Å². The molecule has 2 fully saturated rings. The Labute approximate surface area is 175 Å². The van der Waals surface area contributed by atoms with Crippen molar-refractivity contribution in [1.82, 2.24) is 10.2 Å². The smallest absolute Gasteiger partial charge is 0.118 e. The van der Waals surface area contributed by atoms with Gasteiger partial charge in [-0.3, -0.25) is 0 Å². The number of thioether (sulfide) groups is 1. The maximum atomic E-state index is 5.23. The number of likely N-dealkylation sites (tertiary alicyclic amines) is 1. The molecule has 1 saturated heterocycles. The van der Waals surface area contributed by atoms with E-state index in [9.17, 15) is 0 Å². The van der Waals surface area contributed by atoms with Crippen LogP contribution in [0.15, 0.2) is 52.3 Å². The van der Waals surface area contributed by atoms with Crippen LogP contribution in [-0.2, 0) is 0 Å². The summed E-state index contributed by atoms with van der Waals surface area (Å²) in [5, 5.41) is 3.74. The van der Waals surface area contributed by atoms with Crippen LogP contribution < -0.4 is 10.1 Å². The molecule has 0 bridgehead atoms. The molecule has 1 aromatic carbocycles. The fourth-order valence-electron chi connectivity index (χ4n) is 4.29. The van der Waals surface area contributed by atoms with E-state index in [0.717, 1.165) is 18.3 Å². The van der Waals surface area contributed by atoms with Gasteiger partial charge < -0.3 is 15.0 Å². The summed E-state index contributed by atoms with van der Waals surface area (Å²) in [6.07, 6.45) is 16.4. The van der Waals surface area contributed by atoms with Gasteiger partial charge in [0.2, 0.25) is 0 Å². The van der Waals surface area contributed by atoms with Crippen LogP contribution in [0.5, 0.6) is 5.75 Å². The molecular formula is C24H36N2OS. The topological polar surface area (TPSA) is 24.5 Å². The second-order valence-corrected chi connectivity index (χ2v) is 9.03. The fraction of sp³-hybridized carbons (Fsp3) is 0.583. The van der Waals surface area contributed by atoms with Crippen molar-refractivity contribution in [2.75, 3.05) is 26.7 Å². The quantitative estimate of drug-likeness (QED) is 0.451. The van der Waals surface area contributed by atoms with Gasteiger partial charge in [-0.25, -0.2) is 0 Å². The number of ether oxygens (including phenoxy) is 1. The zero-order valence-corrected chi connectivity index (χ0v) is 18.3. The Bertz CT molecular complexity index is 627. The van der Waals surface area contributed by atoms with Crippen molar-refractivity contribution in [3.8, 4) is 5.75 Å². The first-order valence-corrected chi connectivity index (χ1v) is 11.7. The van der Waals surface area contributed by atoms with Crippen molar-refractivity contribution in [1.29, 1.82) is 0 Å². The van der Waals surface area contributed by atoms with Gasteiger partial charge in [0.1, 0.15) is 5.75 Å². The normalized spacial score (nSPS) is 20.7. The van der Waals surface area contributed by atoms with Crippen molar-refractivity contribution in [2.24, 2.45) is 0 Å². The van der Waals surface area contributed by atoms with E-state index in [-0.39, 0.29) is 0 Å². The molecule has 3 nitrogen and oxygen atoms in total. The average molecular weight is 401 g/mol. The van der Waals surface area contributed by atoms with Gasteiger partial charge in [0.15, 0.2) is 0 Å². The third kappa shape index (κ3) is 6.68. The number of hydrogen-bond donors (Lipinski definition) is 1. The van der Waals surface area contributed by atoms with E-state index in [4.69, 9.17) is 4.74 Å². The number of methoxy groups -OCH3 is 1. The van der Waals surface area contributed by atoms with Crippen LogP contribution in [0.25, 0.3) is 0 Å². The number of nitrogens with zero attached hydrogens (tertiary/aromatic N) is 1. The fourth-order valence-corrected chi connectivity index (χ4v) is 5.12. The molecule has 0 atom stereocenters. The van der Waals surface area contributed by atoms with E-state index < -0.39 is 0 Å². The lowest BCUT2D eigenvalue weighted by atomic mass is 9.92. The molecule has 1 heterocycles. The van der Waals surface area contributed by atoms with E-state index in [0.29, 0.717) is 6.04 Å². The van der Waals surface area contributed by atoms with Gasteiger partial charge in [0, 0.05) is 28.4 Å². The van der Waals surface area contributed by atoms with Crippen molar-refractivity contribution < 1.29 is 4.74 Å². The molecular weight excluding hydrogens is 364 g/mol. The first-order chi connectivity index (χ1) is 13.8.